The van der Waals surface area contributed by atoms with Crippen LogP contribution in [0.5, 0.6) is 5.75 Å². The van der Waals surface area contributed by atoms with Crippen molar-refractivity contribution in [3.8, 4) is 5.75 Å². The van der Waals surface area contributed by atoms with Crippen LogP contribution in [0, 0.1) is 5.21 Å². The Bertz CT molecular complexity index is 948. The first-order valence-electron chi connectivity index (χ1n) is 9.04. The molecule has 1 aliphatic rings. The number of nitrogens with two attached hydrogens (primary N) is 1. The number of carbonyl (C=O) groups excluding carboxylic acids is 1. The van der Waals surface area contributed by atoms with E-state index in [1.54, 1.807) is 0 Å². The van der Waals surface area contributed by atoms with Crippen LogP contribution in [0.15, 0.2) is 22.6 Å². The monoisotopic (exact) mass is 534 g/mol. The van der Waals surface area contributed by atoms with Crippen LogP contribution in [0.4, 0.5) is 32.6 Å². The topological polar surface area (TPSA) is 126 Å². The maximum Gasteiger partial charge on any atom is 0.430 e. The van der Waals surface area contributed by atoms with E-state index in [1.165, 1.54) is 12.6 Å². The highest BCUT2D eigenvalue weighted by Crippen LogP contribution is 3.02. The highest BCUT2D eigenvalue weighted by molar-refractivity contribution is 8.45. The molecule has 0 saturated heterocycles. The average Bonchev–Trinajstić information content (AvgIpc) is 2.71. The van der Waals surface area contributed by atoms with Crippen molar-refractivity contribution in [3.63, 3.8) is 0 Å². The van der Waals surface area contributed by atoms with Gasteiger partial charge in [0.05, 0.1) is 5.57 Å². The number of quaternary nitrogens is 1. The number of halogens is 8. The summed E-state index contributed by atoms with van der Waals surface area (Å²) in [6, 6.07) is -0.126. The smallest absolute Gasteiger partial charge is 0.430 e. The maximum atomic E-state index is 13.6. The van der Waals surface area contributed by atoms with Crippen molar-refractivity contribution in [2.24, 2.45) is 0 Å². The minimum absolute atomic E-state index is 0.00297. The highest BCUT2D eigenvalue weighted by atomic mass is 32.5. The van der Waals surface area contributed by atoms with Gasteiger partial charge in [-0.1, -0.05) is 32.0 Å². The molecule has 1 aromatic carbocycles. The van der Waals surface area contributed by atoms with Crippen LogP contribution in [0.25, 0.3) is 6.08 Å². The van der Waals surface area contributed by atoms with Gasteiger partial charge in [-0.15, -0.1) is 0 Å². The Morgan fingerprint density at radius 2 is 1.91 bits per heavy atom. The third-order valence-corrected chi connectivity index (χ3v) is 5.44. The maximum absolute atomic E-state index is 13.6. The third-order valence-electron chi connectivity index (χ3n) is 4.31. The Morgan fingerprint density at radius 3 is 2.41 bits per heavy atom. The van der Waals surface area contributed by atoms with E-state index in [1.807, 2.05) is 0 Å². The molecular formula is C16H18F8N2O7S. The second-order valence-corrected chi connectivity index (χ2v) is 9.23. The molecule has 0 saturated carbocycles. The van der Waals surface area contributed by atoms with Crippen LogP contribution < -0.4 is 16.0 Å². The zero-order valence-electron chi connectivity index (χ0n) is 16.9. The predicted molar refractivity (Wildman–Crippen MR) is 97.7 cm³/mol. The first-order chi connectivity index (χ1) is 15.4. The average molecular weight is 534 g/mol. The van der Waals surface area contributed by atoms with Crippen LogP contribution in [0.3, 0.4) is 0 Å². The second kappa shape index (κ2) is 9.10. The molecule has 1 aliphatic heterocycles. The summed E-state index contributed by atoms with van der Waals surface area (Å²) in [5.41, 5.74) is -1.74. The number of fused-ring (bicyclic) bond motifs is 1. The molecule has 0 aliphatic carbocycles. The van der Waals surface area contributed by atoms with E-state index in [4.69, 9.17) is 14.7 Å². The number of benzene rings is 1. The van der Waals surface area contributed by atoms with E-state index in [9.17, 15) is 42.6 Å². The molecule has 34 heavy (non-hydrogen) atoms. The van der Waals surface area contributed by atoms with Gasteiger partial charge in [0.2, 0.25) is 6.10 Å². The largest absolute Gasteiger partial charge is 0.601 e. The van der Waals surface area contributed by atoms with Crippen LogP contribution in [0.2, 0.25) is 0 Å². The van der Waals surface area contributed by atoms with Gasteiger partial charge in [0.15, 0.2) is 6.10 Å². The molecule has 0 spiro atoms. The molecule has 0 fully saturated rings. The minimum Gasteiger partial charge on any atom is -0.601 e. The Balaban J connectivity index is 2.58. The summed E-state index contributed by atoms with van der Waals surface area (Å²) in [4.78, 5) is 18.7. The van der Waals surface area contributed by atoms with Crippen LogP contribution >= 0.6 is 10.2 Å². The van der Waals surface area contributed by atoms with Crippen LogP contribution in [0.1, 0.15) is 18.1 Å². The summed E-state index contributed by atoms with van der Waals surface area (Å²) in [6.45, 7) is -0.282. The van der Waals surface area contributed by atoms with Crippen LogP contribution in [-0.4, -0.2) is 42.8 Å². The van der Waals surface area contributed by atoms with Gasteiger partial charge >= 0.3 is 22.4 Å². The van der Waals surface area contributed by atoms with Crippen LogP contribution in [-0.2, 0) is 25.6 Å². The summed E-state index contributed by atoms with van der Waals surface area (Å²) in [6.07, 6.45) is -9.99. The number of hydrogen-bond acceptors (Lipinski definition) is 8. The van der Waals surface area contributed by atoms with Gasteiger partial charge in [0.1, 0.15) is 23.9 Å². The zero-order valence-corrected chi connectivity index (χ0v) is 17.7. The molecule has 4 N–H and O–H groups in total. The quantitative estimate of drug-likeness (QED) is 0.237. The summed E-state index contributed by atoms with van der Waals surface area (Å²) in [5, 5.41) is 18.7. The van der Waals surface area contributed by atoms with Gasteiger partial charge in [0.25, 0.3) is 0 Å². The fraction of sp³-hybridized carbons (Fsp3) is 0.438. The standard InChI is InChI=1S/C16H18F8N2O7S/c1-2-8-3-11(34(20,21,22,23)24)4-9-5-12(14(16(17,18)19)33-13(8)9)15(27)32-10(6-30-25-28)7-31-26-29/h3-5,10,14,25,28H,2,6-7,26H2,1H3/t10?,14-/m0/s1. The number of aryl methyl sites for hydroxylation is 1. The van der Waals surface area contributed by atoms with Crippen molar-refractivity contribution < 1.29 is 67.4 Å². The third kappa shape index (κ3) is 6.90. The number of nitrogens with one attached hydrogen (secondary N) is 1. The number of alkyl halides is 3. The first kappa shape index (κ1) is 28.0. The Morgan fingerprint density at radius 1 is 1.26 bits per heavy atom. The van der Waals surface area contributed by atoms with Gasteiger partial charge < -0.3 is 14.7 Å². The highest BCUT2D eigenvalue weighted by Gasteiger charge is 2.66. The lowest BCUT2D eigenvalue weighted by Gasteiger charge is -2.41. The second-order valence-electron chi connectivity index (χ2n) is 6.82. The number of hydrogen-bond donors (Lipinski definition) is 3. The van der Waals surface area contributed by atoms with E-state index in [-0.39, 0.29) is 17.8 Å². The molecule has 0 radical (unpaired) electrons. The van der Waals surface area contributed by atoms with Crippen molar-refractivity contribution in [2.45, 2.75) is 36.6 Å². The molecule has 0 bridgehead atoms. The molecule has 1 unspecified atom stereocenters. The first-order valence-corrected chi connectivity index (χ1v) is 11.0. The molecule has 18 heteroatoms. The number of esters is 1. The molecule has 1 heterocycles. The van der Waals surface area contributed by atoms with Gasteiger partial charge in [-0.2, -0.15) is 13.2 Å². The van der Waals surface area contributed by atoms with E-state index in [0.29, 0.717) is 6.08 Å². The van der Waals surface area contributed by atoms with Gasteiger partial charge in [-0.05, 0) is 30.2 Å². The SMILES string of the molecule is CCc1cc(S(F)(F)(F)(F)F)cc2c1O[C@H](C(F)(F)F)C(C(=O)OC(CONO)CO[NH2+][O-])=C2. The number of carbonyl (C=O) groups is 1. The van der Waals surface area contributed by atoms with E-state index in [2.05, 4.69) is 9.68 Å². The van der Waals surface area contributed by atoms with E-state index < -0.39 is 81.6 Å². The van der Waals surface area contributed by atoms with Crippen molar-refractivity contribution in [3.05, 3.63) is 34.0 Å². The molecule has 1 aromatic rings. The molecule has 2 atom stereocenters. The van der Waals surface area contributed by atoms with Crippen molar-refractivity contribution >= 4 is 22.3 Å². The van der Waals surface area contributed by atoms with Crippen molar-refractivity contribution in [2.75, 3.05) is 13.2 Å². The molecule has 9 nitrogen and oxygen atoms in total. The van der Waals surface area contributed by atoms with Crippen molar-refractivity contribution in [1.29, 1.82) is 0 Å². The lowest BCUT2D eigenvalue weighted by molar-refractivity contribution is -0.851. The Kier molecular flexibility index (Phi) is 7.50. The summed E-state index contributed by atoms with van der Waals surface area (Å²) >= 11 is 0. The Labute approximate surface area is 185 Å². The van der Waals surface area contributed by atoms with Crippen molar-refractivity contribution in [1.82, 2.24) is 5.64 Å². The van der Waals surface area contributed by atoms with E-state index >= 15 is 0 Å². The zero-order chi connectivity index (χ0) is 26.0. The summed E-state index contributed by atoms with van der Waals surface area (Å²) in [7, 11) is -10.2. The fourth-order valence-corrected chi connectivity index (χ4v) is 3.58. The molecule has 196 valence electrons. The lowest BCUT2D eigenvalue weighted by atomic mass is 9.98. The molecule has 2 rings (SSSR count). The normalized spacial score (nSPS) is 19.3. The Hall–Kier alpha value is -2.22. The molecule has 0 amide bonds. The van der Waals surface area contributed by atoms with Gasteiger partial charge in [0, 0.05) is 5.56 Å². The van der Waals surface area contributed by atoms with E-state index in [0.717, 1.165) is 0 Å². The number of rotatable bonds is 10. The fourth-order valence-electron chi connectivity index (χ4n) is 2.87. The molecular weight excluding hydrogens is 516 g/mol. The summed E-state index contributed by atoms with van der Waals surface area (Å²) < 4.78 is 117. The molecule has 0 aromatic heterocycles. The lowest BCUT2D eigenvalue weighted by Crippen LogP contribution is -2.77. The van der Waals surface area contributed by atoms with Gasteiger partial charge in [-0.25, -0.2) is 15.3 Å². The minimum atomic E-state index is -10.2. The predicted octanol–water partition coefficient (Wildman–Crippen LogP) is 3.43. The summed E-state index contributed by atoms with van der Waals surface area (Å²) in [5.74, 6) is -2.55. The van der Waals surface area contributed by atoms with Gasteiger partial charge in [-0.3, -0.25) is 10.0 Å². The number of ether oxygens (including phenoxy) is 2.